The van der Waals surface area contributed by atoms with Gasteiger partial charge in [-0.15, -0.1) is 13.2 Å². The lowest BCUT2D eigenvalue weighted by molar-refractivity contribution is -0.384. The smallest absolute Gasteiger partial charge is 0.266 e. The number of carbonyl (C=O) groups is 1. The number of rotatable bonds is 1. The van der Waals surface area contributed by atoms with Crippen LogP contribution in [0.1, 0.15) is 15.9 Å². The number of fused-ring (bicyclic) bond motifs is 1. The summed E-state index contributed by atoms with van der Waals surface area (Å²) in [6.07, 6.45) is -4.92. The molecule has 0 saturated heterocycles. The largest absolute Gasteiger partial charge is 0.544 e. The first-order chi connectivity index (χ1) is 7.40. The highest BCUT2D eigenvalue weighted by Gasteiger charge is 2.41. The summed E-state index contributed by atoms with van der Waals surface area (Å²) in [5.74, 6) is -0.863. The van der Waals surface area contributed by atoms with Crippen LogP contribution in [0.3, 0.4) is 0 Å². The first-order valence-corrected chi connectivity index (χ1v) is 4.29. The molecule has 1 aromatic carbocycles. The van der Waals surface area contributed by atoms with Crippen molar-refractivity contribution in [2.75, 3.05) is 0 Å². The Morgan fingerprint density at radius 2 is 1.75 bits per heavy atom. The van der Waals surface area contributed by atoms with Crippen molar-refractivity contribution in [1.82, 2.24) is 5.06 Å². The summed E-state index contributed by atoms with van der Waals surface area (Å²) >= 11 is 0. The van der Waals surface area contributed by atoms with Crippen LogP contribution < -0.4 is 0 Å². The van der Waals surface area contributed by atoms with Crippen molar-refractivity contribution in [2.24, 2.45) is 0 Å². The highest BCUT2D eigenvalue weighted by molar-refractivity contribution is 6.07. The van der Waals surface area contributed by atoms with E-state index in [1.54, 1.807) is 12.1 Å². The van der Waals surface area contributed by atoms with Crippen LogP contribution in [0, 0.1) is 0 Å². The van der Waals surface area contributed by atoms with E-state index in [-0.39, 0.29) is 16.3 Å². The summed E-state index contributed by atoms with van der Waals surface area (Å²) in [5, 5.41) is 0.157. The number of hydroxylamine groups is 2. The molecule has 1 aliphatic heterocycles. The van der Waals surface area contributed by atoms with Crippen LogP contribution in [0.25, 0.3) is 5.70 Å². The van der Waals surface area contributed by atoms with E-state index in [9.17, 15) is 18.0 Å². The Labute approximate surface area is 88.7 Å². The number of hydrogen-bond acceptors (Lipinski definition) is 2. The average Bonchev–Trinajstić information content (AvgIpc) is 2.43. The minimum atomic E-state index is -4.92. The van der Waals surface area contributed by atoms with Gasteiger partial charge in [0.15, 0.2) is 0 Å². The Morgan fingerprint density at radius 1 is 1.19 bits per heavy atom. The summed E-state index contributed by atoms with van der Waals surface area (Å²) in [6.45, 7) is 3.39. The van der Waals surface area contributed by atoms with E-state index < -0.39 is 12.3 Å². The first-order valence-electron chi connectivity index (χ1n) is 4.29. The molecule has 1 amide bonds. The molecule has 0 atom stereocenters. The van der Waals surface area contributed by atoms with Crippen molar-refractivity contribution in [3.8, 4) is 0 Å². The highest BCUT2D eigenvalue weighted by atomic mass is 19.4. The molecule has 0 bridgehead atoms. The maximum absolute atomic E-state index is 12.0. The summed E-state index contributed by atoms with van der Waals surface area (Å²) in [7, 11) is 0. The lowest BCUT2D eigenvalue weighted by atomic mass is 10.1. The number of nitrogens with zero attached hydrogens (tertiary/aromatic N) is 1. The number of hydrogen-bond donors (Lipinski definition) is 0. The van der Waals surface area contributed by atoms with E-state index in [1.165, 1.54) is 12.1 Å². The van der Waals surface area contributed by atoms with Crippen LogP contribution in [-0.4, -0.2) is 17.3 Å². The third-order valence-electron chi connectivity index (χ3n) is 2.09. The summed E-state index contributed by atoms with van der Waals surface area (Å²) in [6, 6.07) is 6.09. The van der Waals surface area contributed by atoms with Gasteiger partial charge in [-0.1, -0.05) is 24.8 Å². The molecule has 1 aromatic rings. The van der Waals surface area contributed by atoms with Crippen molar-refractivity contribution in [1.29, 1.82) is 0 Å². The van der Waals surface area contributed by atoms with Crippen LogP contribution in [0.2, 0.25) is 0 Å². The second kappa shape index (κ2) is 3.34. The zero-order valence-electron chi connectivity index (χ0n) is 7.91. The molecule has 6 heteroatoms. The molecule has 0 fully saturated rings. The second-order valence-electron chi connectivity index (χ2n) is 3.13. The minimum Gasteiger partial charge on any atom is -0.266 e. The molecule has 84 valence electrons. The third-order valence-corrected chi connectivity index (χ3v) is 2.09. The fourth-order valence-corrected chi connectivity index (χ4v) is 1.46. The number of amides is 1. The zero-order chi connectivity index (χ0) is 11.9. The summed E-state index contributed by atoms with van der Waals surface area (Å²) in [4.78, 5) is 15.1. The molecule has 1 heterocycles. The van der Waals surface area contributed by atoms with E-state index in [4.69, 9.17) is 0 Å². The second-order valence-corrected chi connectivity index (χ2v) is 3.13. The van der Waals surface area contributed by atoms with Gasteiger partial charge in [0.1, 0.15) is 0 Å². The molecule has 0 spiro atoms. The van der Waals surface area contributed by atoms with Crippen molar-refractivity contribution < 1.29 is 22.8 Å². The van der Waals surface area contributed by atoms with Crippen LogP contribution in [0.4, 0.5) is 13.2 Å². The predicted molar refractivity (Wildman–Crippen MR) is 48.8 cm³/mol. The maximum Gasteiger partial charge on any atom is 0.544 e. The summed E-state index contributed by atoms with van der Waals surface area (Å²) in [5.41, 5.74) is 0.381. The molecule has 0 unspecified atom stereocenters. The Kier molecular flexibility index (Phi) is 2.23. The third kappa shape index (κ3) is 1.67. The standard InChI is InChI=1S/C10H6F3NO2/c1-6-7-4-2-3-5-8(7)9(15)14(6)16-10(11,12)13/h2-5H,1H2. The van der Waals surface area contributed by atoms with Gasteiger partial charge in [-0.25, -0.2) is 0 Å². The first kappa shape index (κ1) is 10.7. The Bertz CT molecular complexity index is 432. The number of alkyl halides is 3. The zero-order valence-corrected chi connectivity index (χ0v) is 7.91. The van der Waals surface area contributed by atoms with Gasteiger partial charge < -0.3 is 0 Å². The van der Waals surface area contributed by atoms with Gasteiger partial charge >= 0.3 is 6.36 Å². The van der Waals surface area contributed by atoms with E-state index in [1.807, 2.05) is 0 Å². The van der Waals surface area contributed by atoms with E-state index in [0.717, 1.165) is 0 Å². The molecule has 0 radical (unpaired) electrons. The molecule has 1 aliphatic rings. The minimum absolute atomic E-state index is 0.113. The fourth-order valence-electron chi connectivity index (χ4n) is 1.46. The number of halogens is 3. The normalized spacial score (nSPS) is 15.6. The Morgan fingerprint density at radius 3 is 2.25 bits per heavy atom. The van der Waals surface area contributed by atoms with Crippen LogP contribution >= 0.6 is 0 Å². The molecular weight excluding hydrogens is 223 g/mol. The lowest BCUT2D eigenvalue weighted by Crippen LogP contribution is -2.30. The Balaban J connectivity index is 2.36. The topological polar surface area (TPSA) is 29.5 Å². The summed E-state index contributed by atoms with van der Waals surface area (Å²) < 4.78 is 36.1. The van der Waals surface area contributed by atoms with Gasteiger partial charge in [0.2, 0.25) is 0 Å². The van der Waals surface area contributed by atoms with Gasteiger partial charge in [0.05, 0.1) is 11.3 Å². The van der Waals surface area contributed by atoms with Crippen molar-refractivity contribution in [3.63, 3.8) is 0 Å². The van der Waals surface area contributed by atoms with Gasteiger partial charge in [0.25, 0.3) is 5.91 Å². The van der Waals surface area contributed by atoms with E-state index in [0.29, 0.717) is 5.56 Å². The Hall–Kier alpha value is -1.82. The predicted octanol–water partition coefficient (Wildman–Crippen LogP) is 2.56. The molecule has 0 N–H and O–H groups in total. The maximum atomic E-state index is 12.0. The van der Waals surface area contributed by atoms with Gasteiger partial charge in [-0.3, -0.25) is 4.79 Å². The van der Waals surface area contributed by atoms with E-state index in [2.05, 4.69) is 11.4 Å². The number of carbonyl (C=O) groups excluding carboxylic acids is 1. The average molecular weight is 229 g/mol. The number of benzene rings is 1. The molecule has 16 heavy (non-hydrogen) atoms. The quantitative estimate of drug-likeness (QED) is 0.740. The monoisotopic (exact) mass is 229 g/mol. The molecule has 0 aliphatic carbocycles. The van der Waals surface area contributed by atoms with Crippen LogP contribution in [0.15, 0.2) is 30.8 Å². The lowest BCUT2D eigenvalue weighted by Gasteiger charge is -2.17. The fraction of sp³-hybridized carbons (Fsp3) is 0.100. The van der Waals surface area contributed by atoms with Gasteiger partial charge in [-0.2, -0.15) is 9.90 Å². The van der Waals surface area contributed by atoms with Crippen LogP contribution in [0.5, 0.6) is 0 Å². The van der Waals surface area contributed by atoms with Crippen molar-refractivity contribution in [3.05, 3.63) is 42.0 Å². The van der Waals surface area contributed by atoms with Crippen molar-refractivity contribution in [2.45, 2.75) is 6.36 Å². The molecule has 0 saturated carbocycles. The highest BCUT2D eigenvalue weighted by Crippen LogP contribution is 2.34. The molecular formula is C10H6F3NO2. The SMILES string of the molecule is C=C1c2ccccc2C(=O)N1OC(F)(F)F. The molecule has 0 aromatic heterocycles. The van der Waals surface area contributed by atoms with E-state index >= 15 is 0 Å². The van der Waals surface area contributed by atoms with Gasteiger partial charge in [0, 0.05) is 5.56 Å². The van der Waals surface area contributed by atoms with Crippen LogP contribution in [-0.2, 0) is 4.84 Å². The molecule has 3 nitrogen and oxygen atoms in total. The van der Waals surface area contributed by atoms with Gasteiger partial charge in [-0.05, 0) is 6.07 Å². The van der Waals surface area contributed by atoms with Crippen molar-refractivity contribution >= 4 is 11.6 Å². The molecule has 2 rings (SSSR count).